The van der Waals surface area contributed by atoms with Crippen molar-refractivity contribution < 1.29 is 4.74 Å². The molecule has 2 aromatic heterocycles. The molecule has 0 bridgehead atoms. The van der Waals surface area contributed by atoms with Crippen molar-refractivity contribution in [1.29, 1.82) is 0 Å². The first-order valence-electron chi connectivity index (χ1n) is 9.90. The summed E-state index contributed by atoms with van der Waals surface area (Å²) < 4.78 is 7.76. The molecule has 1 N–H and O–H groups in total. The van der Waals surface area contributed by atoms with Gasteiger partial charge in [0.05, 0.1) is 17.6 Å². The molecule has 142 valence electrons. The van der Waals surface area contributed by atoms with Gasteiger partial charge in [0.25, 0.3) is 0 Å². The van der Waals surface area contributed by atoms with Crippen LogP contribution >= 0.6 is 0 Å². The Hall–Kier alpha value is -2.92. The lowest BCUT2D eigenvalue weighted by Crippen LogP contribution is -2.24. The second-order valence-electron chi connectivity index (χ2n) is 7.61. The molecule has 1 atom stereocenters. The summed E-state index contributed by atoms with van der Waals surface area (Å²) in [7, 11) is 2.08. The summed E-state index contributed by atoms with van der Waals surface area (Å²) in [6, 6.07) is 13.0. The van der Waals surface area contributed by atoms with Crippen molar-refractivity contribution in [2.45, 2.75) is 12.8 Å². The molecule has 1 unspecified atom stereocenters. The van der Waals surface area contributed by atoms with Crippen molar-refractivity contribution in [3.05, 3.63) is 55.0 Å². The second kappa shape index (κ2) is 7.24. The summed E-state index contributed by atoms with van der Waals surface area (Å²) in [5.41, 5.74) is 6.41. The SMILES string of the molecule is Cn1ccc2ccc(-c3cc(NCC4CCCOC4)cc4nccnc34)cc21. The van der Waals surface area contributed by atoms with Gasteiger partial charge < -0.3 is 14.6 Å². The molecule has 1 fully saturated rings. The number of fused-ring (bicyclic) bond motifs is 2. The van der Waals surface area contributed by atoms with E-state index in [9.17, 15) is 0 Å². The highest BCUT2D eigenvalue weighted by Gasteiger charge is 2.15. The zero-order valence-corrected chi connectivity index (χ0v) is 16.1. The van der Waals surface area contributed by atoms with Gasteiger partial charge in [-0.3, -0.25) is 9.97 Å². The Kier molecular flexibility index (Phi) is 4.45. The number of nitrogens with zero attached hydrogens (tertiary/aromatic N) is 3. The maximum absolute atomic E-state index is 5.61. The van der Waals surface area contributed by atoms with Crippen LogP contribution in [-0.2, 0) is 11.8 Å². The molecule has 0 aliphatic carbocycles. The standard InChI is InChI=1S/C23H24N4O/c1-27-9-6-17-4-5-18(11-22(17)27)20-12-19(13-21-23(20)25-8-7-24-21)26-14-16-3-2-10-28-15-16/h4-9,11-13,16,26H,2-3,10,14-15H2,1H3. The van der Waals surface area contributed by atoms with Crippen LogP contribution in [-0.4, -0.2) is 34.3 Å². The molecule has 1 saturated heterocycles. The van der Waals surface area contributed by atoms with E-state index in [1.54, 1.807) is 12.4 Å². The monoisotopic (exact) mass is 372 g/mol. The van der Waals surface area contributed by atoms with E-state index < -0.39 is 0 Å². The smallest absolute Gasteiger partial charge is 0.0966 e. The van der Waals surface area contributed by atoms with E-state index in [1.165, 1.54) is 17.3 Å². The van der Waals surface area contributed by atoms with Crippen LogP contribution in [0.15, 0.2) is 55.0 Å². The molecule has 0 radical (unpaired) electrons. The lowest BCUT2D eigenvalue weighted by molar-refractivity contribution is 0.0595. The molecule has 0 spiro atoms. The Balaban J connectivity index is 1.55. The van der Waals surface area contributed by atoms with Crippen LogP contribution in [0.5, 0.6) is 0 Å². The Morgan fingerprint density at radius 2 is 2.07 bits per heavy atom. The van der Waals surface area contributed by atoms with Crippen molar-refractivity contribution in [1.82, 2.24) is 14.5 Å². The molecular formula is C23H24N4O. The van der Waals surface area contributed by atoms with E-state index >= 15 is 0 Å². The van der Waals surface area contributed by atoms with Crippen molar-refractivity contribution >= 4 is 27.6 Å². The Morgan fingerprint density at radius 3 is 2.96 bits per heavy atom. The maximum Gasteiger partial charge on any atom is 0.0966 e. The minimum Gasteiger partial charge on any atom is -0.385 e. The van der Waals surface area contributed by atoms with Gasteiger partial charge in [0.2, 0.25) is 0 Å². The average molecular weight is 372 g/mol. The van der Waals surface area contributed by atoms with Crippen LogP contribution < -0.4 is 5.32 Å². The number of hydrogen-bond acceptors (Lipinski definition) is 4. The minimum atomic E-state index is 0.564. The van der Waals surface area contributed by atoms with Gasteiger partial charge in [0.1, 0.15) is 0 Å². The molecule has 4 aromatic rings. The number of anilines is 1. The third kappa shape index (κ3) is 3.22. The highest BCUT2D eigenvalue weighted by molar-refractivity contribution is 5.97. The summed E-state index contributed by atoms with van der Waals surface area (Å²) in [6.07, 6.45) is 7.98. The summed E-state index contributed by atoms with van der Waals surface area (Å²) in [6.45, 7) is 2.66. The summed E-state index contributed by atoms with van der Waals surface area (Å²) in [5.74, 6) is 0.564. The third-order valence-corrected chi connectivity index (χ3v) is 5.62. The van der Waals surface area contributed by atoms with Crippen LogP contribution in [0.4, 0.5) is 5.69 Å². The molecule has 5 heteroatoms. The molecule has 3 heterocycles. The van der Waals surface area contributed by atoms with Gasteiger partial charge in [0.15, 0.2) is 0 Å². The Labute approximate surface area is 164 Å². The lowest BCUT2D eigenvalue weighted by Gasteiger charge is -2.23. The van der Waals surface area contributed by atoms with E-state index in [1.807, 2.05) is 0 Å². The van der Waals surface area contributed by atoms with Crippen LogP contribution in [0.3, 0.4) is 0 Å². The van der Waals surface area contributed by atoms with Crippen LogP contribution in [0.25, 0.3) is 33.1 Å². The molecule has 28 heavy (non-hydrogen) atoms. The Bertz CT molecular complexity index is 1130. The Morgan fingerprint density at radius 1 is 1.14 bits per heavy atom. The van der Waals surface area contributed by atoms with E-state index in [4.69, 9.17) is 4.74 Å². The van der Waals surface area contributed by atoms with Gasteiger partial charge in [0, 0.05) is 55.6 Å². The molecule has 0 amide bonds. The number of hydrogen-bond donors (Lipinski definition) is 1. The quantitative estimate of drug-likeness (QED) is 0.568. The third-order valence-electron chi connectivity index (χ3n) is 5.62. The normalized spacial score (nSPS) is 17.2. The summed E-state index contributed by atoms with van der Waals surface area (Å²) in [4.78, 5) is 9.18. The predicted octanol–water partition coefficient (Wildman–Crippen LogP) is 4.63. The predicted molar refractivity (Wildman–Crippen MR) is 113 cm³/mol. The molecule has 2 aromatic carbocycles. The van der Waals surface area contributed by atoms with Crippen LogP contribution in [0, 0.1) is 5.92 Å². The van der Waals surface area contributed by atoms with Gasteiger partial charge in [-0.15, -0.1) is 0 Å². The number of aryl methyl sites for hydroxylation is 1. The lowest BCUT2D eigenvalue weighted by atomic mass is 10.0. The number of nitrogens with one attached hydrogen (secondary N) is 1. The van der Waals surface area contributed by atoms with Crippen molar-refractivity contribution in [2.24, 2.45) is 13.0 Å². The number of rotatable bonds is 4. The van der Waals surface area contributed by atoms with Crippen molar-refractivity contribution in [2.75, 3.05) is 25.1 Å². The van der Waals surface area contributed by atoms with Gasteiger partial charge >= 0.3 is 0 Å². The van der Waals surface area contributed by atoms with E-state index in [0.29, 0.717) is 5.92 Å². The highest BCUT2D eigenvalue weighted by Crippen LogP contribution is 2.32. The second-order valence-corrected chi connectivity index (χ2v) is 7.61. The topological polar surface area (TPSA) is 52.0 Å². The fraction of sp³-hybridized carbons (Fsp3) is 0.304. The molecule has 5 nitrogen and oxygen atoms in total. The van der Waals surface area contributed by atoms with E-state index in [2.05, 4.69) is 69.5 Å². The molecule has 1 aliphatic heterocycles. The first kappa shape index (κ1) is 17.2. The average Bonchev–Trinajstić information content (AvgIpc) is 3.12. The molecule has 1 aliphatic rings. The number of ether oxygens (including phenoxy) is 1. The van der Waals surface area contributed by atoms with Crippen LogP contribution in [0.2, 0.25) is 0 Å². The summed E-state index contributed by atoms with van der Waals surface area (Å²) in [5, 5.41) is 4.85. The largest absolute Gasteiger partial charge is 0.385 e. The van der Waals surface area contributed by atoms with Gasteiger partial charge in [-0.05, 0) is 54.0 Å². The fourth-order valence-corrected chi connectivity index (χ4v) is 4.06. The van der Waals surface area contributed by atoms with Crippen molar-refractivity contribution in [3.63, 3.8) is 0 Å². The van der Waals surface area contributed by atoms with Gasteiger partial charge in [-0.25, -0.2) is 0 Å². The van der Waals surface area contributed by atoms with Gasteiger partial charge in [-0.2, -0.15) is 0 Å². The minimum absolute atomic E-state index is 0.564. The zero-order valence-electron chi connectivity index (χ0n) is 16.1. The molecule has 5 rings (SSSR count). The fourth-order valence-electron chi connectivity index (χ4n) is 4.06. The highest BCUT2D eigenvalue weighted by atomic mass is 16.5. The zero-order chi connectivity index (χ0) is 18.9. The number of aromatic nitrogens is 3. The van der Waals surface area contributed by atoms with Gasteiger partial charge in [-0.1, -0.05) is 12.1 Å². The molecule has 0 saturated carbocycles. The maximum atomic E-state index is 5.61. The van der Waals surface area contributed by atoms with Crippen molar-refractivity contribution in [3.8, 4) is 11.1 Å². The number of benzene rings is 2. The van der Waals surface area contributed by atoms with E-state index in [-0.39, 0.29) is 0 Å². The molecular weight excluding hydrogens is 348 g/mol. The first-order valence-corrected chi connectivity index (χ1v) is 9.90. The van der Waals surface area contributed by atoms with Crippen LogP contribution in [0.1, 0.15) is 12.8 Å². The first-order chi connectivity index (χ1) is 13.8. The summed E-state index contributed by atoms with van der Waals surface area (Å²) >= 11 is 0. The van der Waals surface area contributed by atoms with E-state index in [0.717, 1.165) is 54.0 Å².